The summed E-state index contributed by atoms with van der Waals surface area (Å²) in [5.41, 5.74) is 2.58. The molecule has 2 amide bonds. The van der Waals surface area contributed by atoms with Gasteiger partial charge in [-0.15, -0.1) is 23.1 Å². The second-order valence-electron chi connectivity index (χ2n) is 11.3. The number of carbonyl (C=O) groups is 3. The normalized spacial score (nSPS) is 33.1. The van der Waals surface area contributed by atoms with Gasteiger partial charge < -0.3 is 10.1 Å². The molecule has 1 saturated heterocycles. The maximum Gasteiger partial charge on any atom is 0.305 e. The third-order valence-corrected chi connectivity index (χ3v) is 11.4. The van der Waals surface area contributed by atoms with Gasteiger partial charge in [0.2, 0.25) is 11.8 Å². The number of fused-ring (bicyclic) bond motifs is 9. The van der Waals surface area contributed by atoms with Gasteiger partial charge in [0.05, 0.1) is 23.3 Å². The molecule has 3 heterocycles. The minimum Gasteiger partial charge on any atom is -0.481 e. The lowest BCUT2D eigenvalue weighted by molar-refractivity contribution is -0.142. The van der Waals surface area contributed by atoms with Crippen LogP contribution in [0.2, 0.25) is 0 Å². The van der Waals surface area contributed by atoms with Gasteiger partial charge in [0.1, 0.15) is 0 Å². The van der Waals surface area contributed by atoms with Crippen molar-refractivity contribution in [3.8, 4) is 0 Å². The quantitative estimate of drug-likeness (QED) is 0.426. The molecule has 9 heteroatoms. The summed E-state index contributed by atoms with van der Waals surface area (Å²) >= 11 is 8.96. The minimum atomic E-state index is -0.992. The van der Waals surface area contributed by atoms with Crippen LogP contribution in [0.15, 0.2) is 29.3 Å². The summed E-state index contributed by atoms with van der Waals surface area (Å²) in [6.45, 7) is 6.60. The molecule has 7 unspecified atom stereocenters. The number of H-pyrrole nitrogens is 1. The SMILES string of the molecule is CC(C)(C)c1ccc(C2c3sc(=S)[nH]c3SC3C4CC(C5C(=O)N(CCC(=O)O)C(=O)C45)C23)cc1. The number of nitrogens with zero attached hydrogens (tertiary/aromatic N) is 1. The van der Waals surface area contributed by atoms with Crippen LogP contribution < -0.4 is 0 Å². The standard InChI is InChI=1S/C26H28N2O4S3/c1-26(2,3)12-6-4-11(5-7-12)16-17-13-10-14(20(17)34-22-21(16)35-25(33)27-22)19-18(13)23(31)28(24(19)32)9-8-15(29)30/h4-7,13-14,16-20H,8-10H2,1-3H3,(H,27,33)(H,29,30). The van der Waals surface area contributed by atoms with E-state index in [1.165, 1.54) is 20.9 Å². The van der Waals surface area contributed by atoms with Crippen LogP contribution in [-0.4, -0.2) is 44.6 Å². The Morgan fingerprint density at radius 1 is 1.14 bits per heavy atom. The lowest BCUT2D eigenvalue weighted by Crippen LogP contribution is -2.42. The van der Waals surface area contributed by atoms with Crippen molar-refractivity contribution in [2.75, 3.05) is 6.54 Å². The zero-order chi connectivity index (χ0) is 24.8. The number of carboxylic acids is 1. The molecule has 1 aromatic carbocycles. The van der Waals surface area contributed by atoms with Gasteiger partial charge in [0.15, 0.2) is 3.95 Å². The number of aliphatic carboxylic acids is 1. The number of likely N-dealkylation sites (tertiary alicyclic amines) is 1. The van der Waals surface area contributed by atoms with Crippen LogP contribution in [-0.2, 0) is 19.8 Å². The fourth-order valence-electron chi connectivity index (χ4n) is 7.07. The van der Waals surface area contributed by atoms with Crippen molar-refractivity contribution in [3.05, 3.63) is 44.2 Å². The highest BCUT2D eigenvalue weighted by Crippen LogP contribution is 2.68. The Labute approximate surface area is 217 Å². The van der Waals surface area contributed by atoms with E-state index in [1.54, 1.807) is 23.1 Å². The molecule has 0 radical (unpaired) electrons. The number of carboxylic acid groups (broad SMARTS) is 1. The van der Waals surface area contributed by atoms with Crippen LogP contribution in [0.3, 0.4) is 0 Å². The minimum absolute atomic E-state index is 0.0277. The van der Waals surface area contributed by atoms with Gasteiger partial charge in [0.25, 0.3) is 0 Å². The molecular formula is C26H28N2O4S3. The summed E-state index contributed by atoms with van der Waals surface area (Å²) in [7, 11) is 0. The summed E-state index contributed by atoms with van der Waals surface area (Å²) in [6, 6.07) is 8.89. The van der Waals surface area contributed by atoms with E-state index in [4.69, 9.17) is 17.3 Å². The molecule has 0 spiro atoms. The topological polar surface area (TPSA) is 90.5 Å². The van der Waals surface area contributed by atoms with E-state index in [-0.39, 0.29) is 71.0 Å². The molecule has 2 aliphatic carbocycles. The molecular weight excluding hydrogens is 500 g/mol. The zero-order valence-electron chi connectivity index (χ0n) is 19.8. The second-order valence-corrected chi connectivity index (χ2v) is 14.2. The first-order chi connectivity index (χ1) is 16.6. The second kappa shape index (κ2) is 8.02. The highest BCUT2D eigenvalue weighted by molar-refractivity contribution is 8.00. The zero-order valence-corrected chi connectivity index (χ0v) is 22.3. The average Bonchev–Trinajstić information content (AvgIpc) is 3.51. The Balaban J connectivity index is 1.40. The van der Waals surface area contributed by atoms with Gasteiger partial charge >= 0.3 is 5.97 Å². The molecule has 7 atom stereocenters. The number of amides is 2. The number of thioether (sulfide) groups is 1. The van der Waals surface area contributed by atoms with E-state index < -0.39 is 5.97 Å². The first-order valence-electron chi connectivity index (χ1n) is 12.1. The molecule has 2 aliphatic heterocycles. The van der Waals surface area contributed by atoms with Crippen molar-refractivity contribution in [1.82, 2.24) is 9.88 Å². The van der Waals surface area contributed by atoms with Crippen LogP contribution in [0, 0.1) is 33.5 Å². The summed E-state index contributed by atoms with van der Waals surface area (Å²) in [6.07, 6.45) is 0.679. The van der Waals surface area contributed by atoms with E-state index in [1.807, 2.05) is 0 Å². The molecule has 35 heavy (non-hydrogen) atoms. The van der Waals surface area contributed by atoms with E-state index in [0.717, 1.165) is 15.4 Å². The van der Waals surface area contributed by atoms with Crippen LogP contribution in [0.1, 0.15) is 55.5 Å². The van der Waals surface area contributed by atoms with Crippen molar-refractivity contribution in [2.24, 2.45) is 29.6 Å². The molecule has 6 nitrogen and oxygen atoms in total. The van der Waals surface area contributed by atoms with Gasteiger partial charge in [-0.3, -0.25) is 19.3 Å². The Kier molecular flexibility index (Phi) is 5.37. The number of hydrogen-bond acceptors (Lipinski definition) is 6. The fraction of sp³-hybridized carbons (Fsp3) is 0.538. The number of benzene rings is 1. The van der Waals surface area contributed by atoms with Crippen molar-refractivity contribution >= 4 is 53.1 Å². The molecule has 6 rings (SSSR count). The van der Waals surface area contributed by atoms with E-state index >= 15 is 0 Å². The monoisotopic (exact) mass is 528 g/mol. The summed E-state index contributed by atoms with van der Waals surface area (Å²) < 4.78 is 0.762. The van der Waals surface area contributed by atoms with Crippen molar-refractivity contribution in [1.29, 1.82) is 0 Å². The third kappa shape index (κ3) is 3.49. The average molecular weight is 529 g/mol. The maximum atomic E-state index is 13.4. The van der Waals surface area contributed by atoms with Crippen LogP contribution in [0.5, 0.6) is 0 Å². The van der Waals surface area contributed by atoms with Gasteiger partial charge in [-0.2, -0.15) is 0 Å². The Hall–Kier alpha value is -1.97. The number of carbonyl (C=O) groups excluding carboxylic acids is 2. The summed E-state index contributed by atoms with van der Waals surface area (Å²) in [5, 5.41) is 10.4. The Bertz CT molecular complexity index is 1290. The number of rotatable bonds is 4. The smallest absolute Gasteiger partial charge is 0.305 e. The Morgan fingerprint density at radius 3 is 2.43 bits per heavy atom. The molecule has 184 valence electrons. The third-order valence-electron chi connectivity index (χ3n) is 8.50. The predicted octanol–water partition coefficient (Wildman–Crippen LogP) is 5.05. The highest BCUT2D eigenvalue weighted by Gasteiger charge is 2.69. The molecule has 2 saturated carbocycles. The van der Waals surface area contributed by atoms with Crippen LogP contribution >= 0.6 is 35.3 Å². The lowest BCUT2D eigenvalue weighted by atomic mass is 9.68. The van der Waals surface area contributed by atoms with Crippen LogP contribution in [0.4, 0.5) is 0 Å². The largest absolute Gasteiger partial charge is 0.481 e. The number of aromatic amines is 1. The summed E-state index contributed by atoms with van der Waals surface area (Å²) in [4.78, 5) is 43.7. The Morgan fingerprint density at radius 2 is 1.80 bits per heavy atom. The molecule has 3 fully saturated rings. The number of hydrogen-bond donors (Lipinski definition) is 2. The van der Waals surface area contributed by atoms with E-state index in [9.17, 15) is 14.4 Å². The maximum absolute atomic E-state index is 13.4. The van der Waals surface area contributed by atoms with Crippen LogP contribution in [0.25, 0.3) is 0 Å². The number of imide groups is 1. The van der Waals surface area contributed by atoms with E-state index in [2.05, 4.69) is 50.0 Å². The van der Waals surface area contributed by atoms with Gasteiger partial charge in [-0.05, 0) is 52.9 Å². The highest BCUT2D eigenvalue weighted by atomic mass is 32.2. The number of nitrogens with one attached hydrogen (secondary N) is 1. The first-order valence-corrected chi connectivity index (χ1v) is 14.2. The lowest BCUT2D eigenvalue weighted by Gasteiger charge is -2.43. The van der Waals surface area contributed by atoms with Gasteiger partial charge in [-0.1, -0.05) is 45.0 Å². The van der Waals surface area contributed by atoms with Gasteiger partial charge in [0, 0.05) is 22.6 Å². The first kappa shape index (κ1) is 23.4. The molecule has 2 N–H and O–H groups in total. The molecule has 2 bridgehead atoms. The van der Waals surface area contributed by atoms with Crippen molar-refractivity contribution in [2.45, 2.75) is 55.2 Å². The number of thiazole rings is 1. The number of aromatic nitrogens is 1. The van der Waals surface area contributed by atoms with Gasteiger partial charge in [-0.25, -0.2) is 0 Å². The van der Waals surface area contributed by atoms with Crippen molar-refractivity contribution in [3.63, 3.8) is 0 Å². The fourth-order valence-corrected chi connectivity index (χ4v) is 10.4. The van der Waals surface area contributed by atoms with E-state index in [0.29, 0.717) is 0 Å². The van der Waals surface area contributed by atoms with Crippen molar-refractivity contribution < 1.29 is 19.5 Å². The molecule has 2 aromatic rings. The molecule has 4 aliphatic rings. The molecule has 1 aromatic heterocycles. The predicted molar refractivity (Wildman–Crippen MR) is 137 cm³/mol. The summed E-state index contributed by atoms with van der Waals surface area (Å²) in [5.74, 6) is -1.34.